The summed E-state index contributed by atoms with van der Waals surface area (Å²) >= 11 is 6.26. The number of aromatic nitrogens is 3. The monoisotopic (exact) mass is 962 g/mol. The third kappa shape index (κ3) is 11.0. The first kappa shape index (κ1) is 48.8. The number of H-pyrrole nitrogens is 1. The lowest BCUT2D eigenvalue weighted by Crippen LogP contribution is -2.60. The van der Waals surface area contributed by atoms with Crippen LogP contribution in [-0.4, -0.2) is 101 Å². The molecular weight excluding hydrogens is 904 g/mol. The number of methoxy groups -OCH3 is 2. The van der Waals surface area contributed by atoms with Gasteiger partial charge >= 0.3 is 0 Å². The number of nitrogens with zero attached hydrogens (tertiary/aromatic N) is 6. The van der Waals surface area contributed by atoms with Crippen molar-refractivity contribution in [1.82, 2.24) is 30.5 Å². The number of hydrogen-bond donors (Lipinski definition) is 4. The Hall–Kier alpha value is -6.63. The summed E-state index contributed by atoms with van der Waals surface area (Å²) in [6.07, 6.45) is 5.79. The normalized spacial score (nSPS) is 17.8. The molecule has 3 aliphatic rings. The highest BCUT2D eigenvalue weighted by Gasteiger charge is 2.41. The highest BCUT2D eigenvalue weighted by molar-refractivity contribution is 6.30. The molecule has 69 heavy (non-hydrogen) atoms. The number of anilines is 1. The SMILES string of the molecule is COc1cc(N=Nc2cccc3c2CN(C2CCC(=O)NC2=O)C3=O)cc(OC)c1OC(C)(C)CC(C)(C)COCCC(NC(=O)C1(N)CCN(c2ncnc3[nH]ccc23)CC1)c1ccc(Cl)cc1. The van der Waals surface area contributed by atoms with Crippen LogP contribution in [-0.2, 0) is 25.7 Å². The molecule has 3 aliphatic heterocycles. The molecule has 0 spiro atoms. The van der Waals surface area contributed by atoms with E-state index < -0.39 is 23.1 Å². The molecule has 19 heteroatoms. The van der Waals surface area contributed by atoms with Gasteiger partial charge in [0.2, 0.25) is 23.5 Å². The molecule has 2 saturated heterocycles. The number of halogens is 1. The van der Waals surface area contributed by atoms with Gasteiger partial charge in [-0.2, -0.15) is 10.2 Å². The number of nitrogens with one attached hydrogen (secondary N) is 3. The van der Waals surface area contributed by atoms with Gasteiger partial charge in [0.1, 0.15) is 29.4 Å². The highest BCUT2D eigenvalue weighted by Crippen LogP contribution is 2.45. The van der Waals surface area contributed by atoms with Crippen LogP contribution in [0.3, 0.4) is 0 Å². The Morgan fingerprint density at radius 3 is 2.42 bits per heavy atom. The second-order valence-electron chi connectivity index (χ2n) is 19.3. The van der Waals surface area contributed by atoms with Crippen LogP contribution in [0.4, 0.5) is 17.2 Å². The fourth-order valence-electron chi connectivity index (χ4n) is 9.64. The van der Waals surface area contributed by atoms with E-state index in [1.165, 1.54) is 19.1 Å². The van der Waals surface area contributed by atoms with Crippen molar-refractivity contribution in [3.05, 3.63) is 94.9 Å². The number of nitrogens with two attached hydrogens (primary N) is 1. The minimum atomic E-state index is -1.06. The van der Waals surface area contributed by atoms with Crippen LogP contribution in [0.15, 0.2) is 83.4 Å². The summed E-state index contributed by atoms with van der Waals surface area (Å²) < 4.78 is 24.6. The van der Waals surface area contributed by atoms with E-state index in [0.717, 1.165) is 22.4 Å². The van der Waals surface area contributed by atoms with E-state index in [0.29, 0.717) is 96.8 Å². The Morgan fingerprint density at radius 1 is 1.00 bits per heavy atom. The molecule has 5 heterocycles. The zero-order valence-corrected chi connectivity index (χ0v) is 40.5. The smallest absolute Gasteiger partial charge is 0.255 e. The van der Waals surface area contributed by atoms with Gasteiger partial charge in [-0.05, 0) is 87.3 Å². The third-order valence-electron chi connectivity index (χ3n) is 12.9. The Balaban J connectivity index is 0.874. The number of azo groups is 1. The standard InChI is InChI=1S/C50H59ClN10O8/c1-48(2,28-68-23-17-36(30-10-12-31(51)13-11-30)56-47(65)50(52)18-21-60(22-19-50)44-34-16-20-53-43(34)54-29-55-44)27-49(3,4)69-42-39(66-5)24-32(25-40(42)67-6)58-59-37-9-7-8-33-35(37)26-61(46(33)64)38-14-15-41(62)57-45(38)63/h7-13,16,20,24-25,29,36,38H,14-15,17-19,21-23,26-28,52H2,1-6H3,(H,56,65)(H,53,54,55)(H,57,62,63). The summed E-state index contributed by atoms with van der Waals surface area (Å²) in [6, 6.07) is 16.8. The van der Waals surface area contributed by atoms with E-state index >= 15 is 0 Å². The van der Waals surface area contributed by atoms with E-state index in [4.69, 9.17) is 36.3 Å². The molecule has 4 amide bonds. The maximum atomic E-state index is 14.0. The van der Waals surface area contributed by atoms with Gasteiger partial charge in [0.05, 0.1) is 49.2 Å². The van der Waals surface area contributed by atoms with Gasteiger partial charge in [0.25, 0.3) is 5.91 Å². The maximum absolute atomic E-state index is 14.0. The molecule has 0 saturated carbocycles. The molecule has 3 aromatic carbocycles. The molecule has 0 radical (unpaired) electrons. The summed E-state index contributed by atoms with van der Waals surface area (Å²) in [7, 11) is 3.06. The number of piperidine rings is 2. The Bertz CT molecular complexity index is 2730. The Kier molecular flexibility index (Phi) is 14.3. The number of carbonyl (C=O) groups is 4. The van der Waals surface area contributed by atoms with Crippen molar-refractivity contribution in [3.63, 3.8) is 0 Å². The summed E-state index contributed by atoms with van der Waals surface area (Å²) in [4.78, 5) is 67.3. The molecule has 2 atom stereocenters. The summed E-state index contributed by atoms with van der Waals surface area (Å²) in [5.74, 6) is 0.640. The molecule has 2 fully saturated rings. The zero-order chi connectivity index (χ0) is 49.1. The Morgan fingerprint density at radius 2 is 1.72 bits per heavy atom. The van der Waals surface area contributed by atoms with E-state index in [1.807, 2.05) is 50.4 Å². The molecule has 0 aliphatic carbocycles. The van der Waals surface area contributed by atoms with Crippen LogP contribution >= 0.6 is 11.6 Å². The van der Waals surface area contributed by atoms with Crippen molar-refractivity contribution in [2.45, 2.75) is 96.0 Å². The number of hydrogen-bond acceptors (Lipinski definition) is 14. The third-order valence-corrected chi connectivity index (χ3v) is 13.2. The van der Waals surface area contributed by atoms with Gasteiger partial charge < -0.3 is 44.8 Å². The first-order valence-electron chi connectivity index (χ1n) is 23.1. The lowest BCUT2D eigenvalue weighted by Gasteiger charge is -2.39. The van der Waals surface area contributed by atoms with Crippen LogP contribution in [0.5, 0.6) is 17.2 Å². The first-order chi connectivity index (χ1) is 33.0. The van der Waals surface area contributed by atoms with E-state index in [-0.39, 0.29) is 48.6 Å². The lowest BCUT2D eigenvalue weighted by molar-refractivity contribution is -0.137. The number of aromatic amines is 1. The molecule has 2 aromatic heterocycles. The predicted molar refractivity (Wildman–Crippen MR) is 259 cm³/mol. The van der Waals surface area contributed by atoms with Crippen molar-refractivity contribution in [2.24, 2.45) is 21.4 Å². The van der Waals surface area contributed by atoms with Gasteiger partial charge in [0, 0.05) is 67.1 Å². The van der Waals surface area contributed by atoms with Crippen LogP contribution in [0, 0.1) is 5.41 Å². The van der Waals surface area contributed by atoms with E-state index in [9.17, 15) is 19.2 Å². The number of carbonyl (C=O) groups excluding carboxylic acids is 4. The molecule has 8 rings (SSSR count). The summed E-state index contributed by atoms with van der Waals surface area (Å²) in [5, 5.41) is 16.1. The van der Waals surface area contributed by atoms with Crippen molar-refractivity contribution in [1.29, 1.82) is 0 Å². The molecule has 0 bridgehead atoms. The van der Waals surface area contributed by atoms with Gasteiger partial charge in [-0.15, -0.1) is 0 Å². The van der Waals surface area contributed by atoms with Crippen LogP contribution in [0.1, 0.15) is 93.7 Å². The second-order valence-corrected chi connectivity index (χ2v) is 19.7. The fourth-order valence-corrected chi connectivity index (χ4v) is 9.77. The topological polar surface area (TPSA) is 228 Å². The summed E-state index contributed by atoms with van der Waals surface area (Å²) in [5.41, 5.74) is 8.33. The number of amides is 4. The van der Waals surface area contributed by atoms with Gasteiger partial charge in [-0.25, -0.2) is 9.97 Å². The lowest BCUT2D eigenvalue weighted by atomic mass is 9.82. The molecule has 5 N–H and O–H groups in total. The average Bonchev–Trinajstić information content (AvgIpc) is 3.94. The van der Waals surface area contributed by atoms with Crippen LogP contribution in [0.2, 0.25) is 5.02 Å². The first-order valence-corrected chi connectivity index (χ1v) is 23.4. The van der Waals surface area contributed by atoms with Crippen molar-refractivity contribution in [2.75, 3.05) is 45.4 Å². The molecule has 2 unspecified atom stereocenters. The zero-order valence-electron chi connectivity index (χ0n) is 39.8. The predicted octanol–water partition coefficient (Wildman–Crippen LogP) is 7.64. The van der Waals surface area contributed by atoms with Gasteiger partial charge in [0.15, 0.2) is 11.5 Å². The molecular formula is C50H59ClN10O8. The fraction of sp³-hybridized carbons (Fsp3) is 0.440. The minimum absolute atomic E-state index is 0.161. The quantitative estimate of drug-likeness (QED) is 0.0377. The van der Waals surface area contributed by atoms with Crippen LogP contribution < -0.4 is 35.5 Å². The Labute approximate surface area is 405 Å². The average molecular weight is 964 g/mol. The summed E-state index contributed by atoms with van der Waals surface area (Å²) in [6.45, 7) is 10.3. The minimum Gasteiger partial charge on any atom is -0.493 e. The molecule has 364 valence electrons. The van der Waals surface area contributed by atoms with Gasteiger partial charge in [-0.3, -0.25) is 24.5 Å². The second kappa shape index (κ2) is 20.1. The van der Waals surface area contributed by atoms with Crippen molar-refractivity contribution in [3.8, 4) is 17.2 Å². The van der Waals surface area contributed by atoms with Crippen molar-refractivity contribution >= 4 is 63.5 Å². The van der Waals surface area contributed by atoms with Gasteiger partial charge in [-0.1, -0.05) is 43.6 Å². The number of fused-ring (bicyclic) bond motifs is 2. The van der Waals surface area contributed by atoms with E-state index in [2.05, 4.69) is 54.6 Å². The molecule has 18 nitrogen and oxygen atoms in total. The number of benzene rings is 3. The maximum Gasteiger partial charge on any atom is 0.255 e. The van der Waals surface area contributed by atoms with E-state index in [1.54, 1.807) is 36.7 Å². The molecule has 5 aromatic rings. The van der Waals surface area contributed by atoms with Crippen molar-refractivity contribution < 1.29 is 38.1 Å². The number of imide groups is 1. The highest BCUT2D eigenvalue weighted by atomic mass is 35.5. The largest absolute Gasteiger partial charge is 0.493 e. The number of ether oxygens (including phenoxy) is 4. The van der Waals surface area contributed by atoms with Crippen LogP contribution in [0.25, 0.3) is 11.0 Å². The number of rotatable bonds is 18.